The molecular formula is C44H29NO. The van der Waals surface area contributed by atoms with Crippen molar-refractivity contribution in [3.8, 4) is 22.3 Å². The van der Waals surface area contributed by atoms with Crippen LogP contribution in [0.1, 0.15) is 0 Å². The molecule has 0 spiro atoms. The average Bonchev–Trinajstić information content (AvgIpc) is 3.51. The minimum atomic E-state index is 0.880. The molecule has 0 saturated heterocycles. The minimum Gasteiger partial charge on any atom is -0.456 e. The second-order valence-corrected chi connectivity index (χ2v) is 11.8. The highest BCUT2D eigenvalue weighted by Crippen LogP contribution is 2.42. The van der Waals surface area contributed by atoms with E-state index in [9.17, 15) is 0 Å². The highest BCUT2D eigenvalue weighted by molar-refractivity contribution is 6.14. The molecule has 0 N–H and O–H groups in total. The number of hydrogen-bond donors (Lipinski definition) is 0. The van der Waals surface area contributed by atoms with Crippen molar-refractivity contribution in [1.82, 2.24) is 0 Å². The summed E-state index contributed by atoms with van der Waals surface area (Å²) in [5.41, 5.74) is 9.81. The zero-order valence-electron chi connectivity index (χ0n) is 25.1. The van der Waals surface area contributed by atoms with E-state index >= 15 is 0 Å². The molecule has 216 valence electrons. The molecule has 0 saturated carbocycles. The molecule has 0 aliphatic carbocycles. The first-order chi connectivity index (χ1) is 22.8. The van der Waals surface area contributed by atoms with E-state index in [1.54, 1.807) is 0 Å². The summed E-state index contributed by atoms with van der Waals surface area (Å²) in [6, 6.07) is 62.7. The predicted molar refractivity (Wildman–Crippen MR) is 194 cm³/mol. The highest BCUT2D eigenvalue weighted by Gasteiger charge is 2.18. The van der Waals surface area contributed by atoms with E-state index in [-0.39, 0.29) is 0 Å². The van der Waals surface area contributed by atoms with Gasteiger partial charge in [0.15, 0.2) is 0 Å². The summed E-state index contributed by atoms with van der Waals surface area (Å²) in [5.74, 6) is 0. The maximum Gasteiger partial charge on any atom is 0.136 e. The number of anilines is 3. The summed E-state index contributed by atoms with van der Waals surface area (Å²) >= 11 is 0. The molecule has 0 aliphatic rings. The number of furan rings is 1. The summed E-state index contributed by atoms with van der Waals surface area (Å²) in [4.78, 5) is 2.34. The lowest BCUT2D eigenvalue weighted by molar-refractivity contribution is 0.669. The Morgan fingerprint density at radius 3 is 1.85 bits per heavy atom. The molecule has 2 nitrogen and oxygen atoms in total. The summed E-state index contributed by atoms with van der Waals surface area (Å²) in [6.45, 7) is 0. The van der Waals surface area contributed by atoms with Crippen molar-refractivity contribution >= 4 is 60.5 Å². The van der Waals surface area contributed by atoms with Crippen LogP contribution < -0.4 is 4.90 Å². The van der Waals surface area contributed by atoms with E-state index in [4.69, 9.17) is 4.42 Å². The van der Waals surface area contributed by atoms with Crippen molar-refractivity contribution in [2.24, 2.45) is 0 Å². The molecular weight excluding hydrogens is 558 g/mol. The molecule has 0 amide bonds. The number of nitrogens with zero attached hydrogens (tertiary/aromatic N) is 1. The number of hydrogen-bond acceptors (Lipinski definition) is 2. The van der Waals surface area contributed by atoms with Crippen LogP contribution in [0.4, 0.5) is 17.1 Å². The molecule has 1 heterocycles. The molecule has 0 fully saturated rings. The van der Waals surface area contributed by atoms with E-state index in [0.717, 1.165) is 44.6 Å². The molecule has 9 rings (SSSR count). The number of para-hydroxylation sites is 1. The van der Waals surface area contributed by atoms with E-state index in [2.05, 4.69) is 181 Å². The molecule has 8 aromatic carbocycles. The van der Waals surface area contributed by atoms with E-state index in [1.165, 1.54) is 38.2 Å². The molecule has 1 aromatic heterocycles. The quantitative estimate of drug-likeness (QED) is 0.186. The molecule has 2 heteroatoms. The van der Waals surface area contributed by atoms with Gasteiger partial charge < -0.3 is 9.32 Å². The van der Waals surface area contributed by atoms with Gasteiger partial charge in [-0.3, -0.25) is 0 Å². The Morgan fingerprint density at radius 1 is 0.348 bits per heavy atom. The maximum atomic E-state index is 6.43. The lowest BCUT2D eigenvalue weighted by Crippen LogP contribution is -2.09. The van der Waals surface area contributed by atoms with Crippen LogP contribution in [0.25, 0.3) is 65.7 Å². The first kappa shape index (κ1) is 26.3. The maximum absolute atomic E-state index is 6.43. The normalized spacial score (nSPS) is 11.5. The topological polar surface area (TPSA) is 16.4 Å². The predicted octanol–water partition coefficient (Wildman–Crippen LogP) is 12.7. The van der Waals surface area contributed by atoms with Gasteiger partial charge in [0.05, 0.1) is 0 Å². The van der Waals surface area contributed by atoms with Gasteiger partial charge in [-0.1, -0.05) is 127 Å². The van der Waals surface area contributed by atoms with Gasteiger partial charge >= 0.3 is 0 Å². The monoisotopic (exact) mass is 587 g/mol. The molecule has 0 bridgehead atoms. The first-order valence-electron chi connectivity index (χ1n) is 15.7. The smallest absolute Gasteiger partial charge is 0.136 e. The van der Waals surface area contributed by atoms with Gasteiger partial charge in [-0.2, -0.15) is 0 Å². The summed E-state index contributed by atoms with van der Waals surface area (Å²) < 4.78 is 6.43. The highest BCUT2D eigenvalue weighted by atomic mass is 16.3. The van der Waals surface area contributed by atoms with Crippen molar-refractivity contribution in [1.29, 1.82) is 0 Å². The second-order valence-electron chi connectivity index (χ2n) is 11.8. The Labute approximate surface area is 267 Å². The van der Waals surface area contributed by atoms with E-state index < -0.39 is 0 Å². The van der Waals surface area contributed by atoms with E-state index in [1.807, 2.05) is 0 Å². The van der Waals surface area contributed by atoms with Crippen LogP contribution in [0.2, 0.25) is 0 Å². The van der Waals surface area contributed by atoms with Crippen molar-refractivity contribution < 1.29 is 4.42 Å². The minimum absolute atomic E-state index is 0.880. The van der Waals surface area contributed by atoms with Crippen molar-refractivity contribution in [3.05, 3.63) is 176 Å². The van der Waals surface area contributed by atoms with Gasteiger partial charge in [0.1, 0.15) is 11.2 Å². The zero-order chi connectivity index (χ0) is 30.5. The summed E-state index contributed by atoms with van der Waals surface area (Å²) in [6.07, 6.45) is 0. The van der Waals surface area contributed by atoms with Crippen LogP contribution in [-0.2, 0) is 0 Å². The number of rotatable bonds is 5. The van der Waals surface area contributed by atoms with Crippen LogP contribution in [0.15, 0.2) is 180 Å². The lowest BCUT2D eigenvalue weighted by Gasteiger charge is -2.26. The third kappa shape index (κ3) is 4.43. The molecule has 46 heavy (non-hydrogen) atoms. The fourth-order valence-electron chi connectivity index (χ4n) is 6.83. The van der Waals surface area contributed by atoms with Gasteiger partial charge in [0, 0.05) is 27.8 Å². The zero-order valence-corrected chi connectivity index (χ0v) is 25.1. The Bertz CT molecular complexity index is 2510. The summed E-state index contributed by atoms with van der Waals surface area (Å²) in [7, 11) is 0. The number of benzene rings is 8. The van der Waals surface area contributed by atoms with Crippen molar-refractivity contribution in [3.63, 3.8) is 0 Å². The fraction of sp³-hybridized carbons (Fsp3) is 0. The Kier molecular flexibility index (Phi) is 6.17. The van der Waals surface area contributed by atoms with Gasteiger partial charge in [-0.25, -0.2) is 0 Å². The Hall–Kier alpha value is -6.12. The molecule has 0 unspecified atom stereocenters. The molecule has 0 aliphatic heterocycles. The summed E-state index contributed by atoms with van der Waals surface area (Å²) in [5, 5.41) is 7.23. The fourth-order valence-corrected chi connectivity index (χ4v) is 6.83. The van der Waals surface area contributed by atoms with E-state index in [0.29, 0.717) is 0 Å². The van der Waals surface area contributed by atoms with Crippen LogP contribution in [0.3, 0.4) is 0 Å². The average molecular weight is 588 g/mol. The van der Waals surface area contributed by atoms with Crippen molar-refractivity contribution in [2.45, 2.75) is 0 Å². The molecule has 9 aromatic rings. The standard InChI is InChI=1S/C44H29NO/c1-3-10-30(11-4-1)31-18-20-33(21-19-31)40-16-9-17-43-44(40)41-29-37(25-27-42(41)46-43)45(35-13-5-2-6-14-35)36-24-26-39-34(28-36)23-22-32-12-7-8-15-38(32)39/h1-29H. The van der Waals surface area contributed by atoms with Crippen LogP contribution in [0, 0.1) is 0 Å². The third-order valence-electron chi connectivity index (χ3n) is 9.04. The van der Waals surface area contributed by atoms with Gasteiger partial charge in [0.2, 0.25) is 0 Å². The largest absolute Gasteiger partial charge is 0.456 e. The second kappa shape index (κ2) is 10.8. The van der Waals surface area contributed by atoms with Gasteiger partial charge in [-0.05, 0) is 92.3 Å². The van der Waals surface area contributed by atoms with Gasteiger partial charge in [0.25, 0.3) is 0 Å². The number of fused-ring (bicyclic) bond motifs is 6. The molecule has 0 atom stereocenters. The van der Waals surface area contributed by atoms with Crippen molar-refractivity contribution in [2.75, 3.05) is 4.90 Å². The first-order valence-corrected chi connectivity index (χ1v) is 15.7. The van der Waals surface area contributed by atoms with Crippen LogP contribution >= 0.6 is 0 Å². The Morgan fingerprint density at radius 2 is 1.00 bits per heavy atom. The Balaban J connectivity index is 1.20. The van der Waals surface area contributed by atoms with Crippen LogP contribution in [-0.4, -0.2) is 0 Å². The van der Waals surface area contributed by atoms with Gasteiger partial charge in [-0.15, -0.1) is 0 Å². The lowest BCUT2D eigenvalue weighted by atomic mass is 9.96. The third-order valence-corrected chi connectivity index (χ3v) is 9.04. The molecule has 0 radical (unpaired) electrons. The van der Waals surface area contributed by atoms with Crippen LogP contribution in [0.5, 0.6) is 0 Å². The SMILES string of the molecule is c1ccc(-c2ccc(-c3cccc4oc5ccc(N(c6ccccc6)c6ccc7c(ccc8ccccc87)c6)cc5c34)cc2)cc1.